The van der Waals surface area contributed by atoms with Crippen LogP contribution in [0.1, 0.15) is 17.3 Å². The topological polar surface area (TPSA) is 131 Å². The summed E-state index contributed by atoms with van der Waals surface area (Å²) in [6, 6.07) is 7.07. The number of benzene rings is 1. The SMILES string of the molecule is COC(=O)c1ccnc(NC(=O)C2=C(C)NC(Nc3nc4ccc(F)cc4o3)=NC2)c1. The van der Waals surface area contributed by atoms with Crippen molar-refractivity contribution in [3.63, 3.8) is 0 Å². The first-order chi connectivity index (χ1) is 14.9. The number of fused-ring (bicyclic) bond motifs is 1. The number of hydrogen-bond donors (Lipinski definition) is 3. The van der Waals surface area contributed by atoms with E-state index in [0.717, 1.165) is 0 Å². The Bertz CT molecular complexity index is 1250. The van der Waals surface area contributed by atoms with E-state index in [9.17, 15) is 14.0 Å². The van der Waals surface area contributed by atoms with Gasteiger partial charge in [0.15, 0.2) is 5.58 Å². The van der Waals surface area contributed by atoms with E-state index in [-0.39, 0.29) is 23.9 Å². The number of aliphatic imine (C=N–C) groups is 1. The Labute approximate surface area is 175 Å². The van der Waals surface area contributed by atoms with Gasteiger partial charge in [-0.3, -0.25) is 10.1 Å². The average Bonchev–Trinajstić information content (AvgIpc) is 3.14. The lowest BCUT2D eigenvalue weighted by atomic mass is 10.1. The van der Waals surface area contributed by atoms with Crippen molar-refractivity contribution >= 4 is 40.8 Å². The van der Waals surface area contributed by atoms with Crippen molar-refractivity contribution in [1.29, 1.82) is 0 Å². The van der Waals surface area contributed by atoms with Gasteiger partial charge < -0.3 is 19.8 Å². The van der Waals surface area contributed by atoms with E-state index in [0.29, 0.717) is 28.3 Å². The monoisotopic (exact) mass is 424 g/mol. The second-order valence-corrected chi connectivity index (χ2v) is 6.52. The fourth-order valence-electron chi connectivity index (χ4n) is 2.87. The van der Waals surface area contributed by atoms with Gasteiger partial charge in [-0.2, -0.15) is 4.98 Å². The van der Waals surface area contributed by atoms with Gasteiger partial charge in [0.05, 0.1) is 24.8 Å². The second kappa shape index (κ2) is 8.22. The molecule has 3 N–H and O–H groups in total. The molecule has 0 spiro atoms. The molecule has 31 heavy (non-hydrogen) atoms. The van der Waals surface area contributed by atoms with Crippen LogP contribution in [-0.4, -0.2) is 41.5 Å². The number of rotatable bonds is 4. The number of aromatic nitrogens is 2. The molecule has 1 aliphatic rings. The zero-order valence-corrected chi connectivity index (χ0v) is 16.5. The number of nitrogens with zero attached hydrogens (tertiary/aromatic N) is 3. The van der Waals surface area contributed by atoms with Gasteiger partial charge in [0.25, 0.3) is 5.91 Å². The highest BCUT2D eigenvalue weighted by Gasteiger charge is 2.20. The zero-order valence-electron chi connectivity index (χ0n) is 16.5. The van der Waals surface area contributed by atoms with E-state index in [2.05, 4.69) is 35.6 Å². The Hall–Kier alpha value is -4.28. The molecular formula is C20H17FN6O4. The third-order valence-electron chi connectivity index (χ3n) is 4.43. The smallest absolute Gasteiger partial charge is 0.338 e. The Morgan fingerprint density at radius 3 is 2.87 bits per heavy atom. The van der Waals surface area contributed by atoms with E-state index in [1.54, 1.807) is 6.92 Å². The fourth-order valence-corrected chi connectivity index (χ4v) is 2.87. The third-order valence-corrected chi connectivity index (χ3v) is 4.43. The maximum absolute atomic E-state index is 13.3. The minimum Gasteiger partial charge on any atom is -0.465 e. The van der Waals surface area contributed by atoms with Crippen LogP contribution in [0.5, 0.6) is 0 Å². The quantitative estimate of drug-likeness (QED) is 0.545. The maximum Gasteiger partial charge on any atom is 0.338 e. The van der Waals surface area contributed by atoms with E-state index < -0.39 is 17.7 Å². The van der Waals surface area contributed by atoms with Crippen molar-refractivity contribution < 1.29 is 23.1 Å². The molecule has 4 rings (SSSR count). The standard InChI is InChI=1S/C20H17FN6O4/c1-10-13(17(28)26-16-7-11(5-6-22-16)18(29)30-2)9-23-19(24-10)27-20-25-14-4-3-12(21)8-15(14)31-20/h3-8H,9H2,1-2H3,(H,22,26,28)(H2,23,24,25,27). The second-order valence-electron chi connectivity index (χ2n) is 6.52. The van der Waals surface area contributed by atoms with Crippen LogP contribution in [0.3, 0.4) is 0 Å². The van der Waals surface area contributed by atoms with Crippen molar-refractivity contribution in [2.45, 2.75) is 6.92 Å². The number of anilines is 2. The zero-order chi connectivity index (χ0) is 22.0. The van der Waals surface area contributed by atoms with Gasteiger partial charge in [0.1, 0.15) is 17.2 Å². The summed E-state index contributed by atoms with van der Waals surface area (Å²) in [6.07, 6.45) is 1.40. The lowest BCUT2D eigenvalue weighted by Crippen LogP contribution is -2.36. The number of allylic oxidation sites excluding steroid dienone is 1. The number of hydrogen-bond acceptors (Lipinski definition) is 9. The summed E-state index contributed by atoms with van der Waals surface area (Å²) in [6.45, 7) is 1.80. The number of pyridine rings is 1. The molecule has 0 fully saturated rings. The molecule has 1 aromatic carbocycles. The molecule has 3 aromatic rings. The number of amides is 1. The van der Waals surface area contributed by atoms with Crippen molar-refractivity contribution in [2.24, 2.45) is 4.99 Å². The molecule has 158 valence electrons. The molecule has 10 nitrogen and oxygen atoms in total. The van der Waals surface area contributed by atoms with Crippen molar-refractivity contribution in [3.05, 3.63) is 59.2 Å². The van der Waals surface area contributed by atoms with Crippen LogP contribution in [0, 0.1) is 5.82 Å². The number of nitrogens with one attached hydrogen (secondary N) is 3. The summed E-state index contributed by atoms with van der Waals surface area (Å²) in [4.78, 5) is 36.8. The number of halogens is 1. The summed E-state index contributed by atoms with van der Waals surface area (Å²) in [7, 11) is 1.27. The lowest BCUT2D eigenvalue weighted by molar-refractivity contribution is -0.113. The molecule has 11 heteroatoms. The largest absolute Gasteiger partial charge is 0.465 e. The normalized spacial score (nSPS) is 13.5. The van der Waals surface area contributed by atoms with Crippen LogP contribution in [0.2, 0.25) is 0 Å². The Balaban J connectivity index is 1.43. The minimum absolute atomic E-state index is 0.0819. The van der Waals surface area contributed by atoms with Crippen LogP contribution < -0.4 is 16.0 Å². The number of carbonyl (C=O) groups excluding carboxylic acids is 2. The van der Waals surface area contributed by atoms with Crippen LogP contribution >= 0.6 is 0 Å². The van der Waals surface area contributed by atoms with E-state index >= 15 is 0 Å². The van der Waals surface area contributed by atoms with Gasteiger partial charge >= 0.3 is 12.0 Å². The van der Waals surface area contributed by atoms with Crippen LogP contribution in [0.25, 0.3) is 11.1 Å². The van der Waals surface area contributed by atoms with Gasteiger partial charge in [-0.1, -0.05) is 0 Å². The van der Waals surface area contributed by atoms with Crippen molar-refractivity contribution in [3.8, 4) is 0 Å². The first kappa shape index (κ1) is 20.0. The highest BCUT2D eigenvalue weighted by atomic mass is 19.1. The summed E-state index contributed by atoms with van der Waals surface area (Å²) in [5, 5.41) is 8.47. The molecule has 0 saturated heterocycles. The minimum atomic E-state index is -0.533. The number of ether oxygens (including phenoxy) is 1. The molecule has 0 radical (unpaired) electrons. The van der Waals surface area contributed by atoms with Crippen molar-refractivity contribution in [2.75, 3.05) is 24.3 Å². The molecule has 0 bridgehead atoms. The number of guanidine groups is 1. The van der Waals surface area contributed by atoms with Crippen LogP contribution in [-0.2, 0) is 9.53 Å². The number of carbonyl (C=O) groups is 2. The van der Waals surface area contributed by atoms with Gasteiger partial charge in [-0.25, -0.2) is 19.2 Å². The van der Waals surface area contributed by atoms with E-state index in [1.165, 1.54) is 43.6 Å². The predicted octanol–water partition coefficient (Wildman–Crippen LogP) is 2.43. The number of oxazole rings is 1. The third kappa shape index (κ3) is 4.34. The molecule has 2 aromatic heterocycles. The van der Waals surface area contributed by atoms with Gasteiger partial charge in [-0.15, -0.1) is 0 Å². The highest BCUT2D eigenvalue weighted by molar-refractivity contribution is 6.06. The highest BCUT2D eigenvalue weighted by Crippen LogP contribution is 2.20. The molecule has 0 atom stereocenters. The summed E-state index contributed by atoms with van der Waals surface area (Å²) in [5.74, 6) is -0.842. The molecule has 1 amide bonds. The van der Waals surface area contributed by atoms with E-state index in [4.69, 9.17) is 4.42 Å². The average molecular weight is 424 g/mol. The molecule has 3 heterocycles. The summed E-state index contributed by atoms with van der Waals surface area (Å²) in [5.41, 5.74) is 2.00. The molecule has 0 unspecified atom stereocenters. The number of methoxy groups -OCH3 is 1. The molecule has 0 saturated carbocycles. The predicted molar refractivity (Wildman–Crippen MR) is 110 cm³/mol. The Morgan fingerprint density at radius 2 is 2.10 bits per heavy atom. The van der Waals surface area contributed by atoms with Crippen LogP contribution in [0.15, 0.2) is 57.2 Å². The van der Waals surface area contributed by atoms with Gasteiger partial charge in [0, 0.05) is 18.0 Å². The summed E-state index contributed by atoms with van der Waals surface area (Å²) < 4.78 is 23.4. The Morgan fingerprint density at radius 1 is 1.26 bits per heavy atom. The molecular weight excluding hydrogens is 407 g/mol. The maximum atomic E-state index is 13.3. The Kier molecular flexibility index (Phi) is 5.31. The van der Waals surface area contributed by atoms with E-state index in [1.807, 2.05) is 0 Å². The first-order valence-electron chi connectivity index (χ1n) is 9.13. The van der Waals surface area contributed by atoms with Gasteiger partial charge in [0.2, 0.25) is 5.96 Å². The fraction of sp³-hybridized carbons (Fsp3) is 0.150. The lowest BCUT2D eigenvalue weighted by Gasteiger charge is -2.19. The molecule has 0 aliphatic carbocycles. The van der Waals surface area contributed by atoms with Crippen molar-refractivity contribution in [1.82, 2.24) is 15.3 Å². The summed E-state index contributed by atoms with van der Waals surface area (Å²) >= 11 is 0. The first-order valence-corrected chi connectivity index (χ1v) is 9.13. The van der Waals surface area contributed by atoms with Gasteiger partial charge in [-0.05, 0) is 31.2 Å². The number of esters is 1. The van der Waals surface area contributed by atoms with Crippen LogP contribution in [0.4, 0.5) is 16.2 Å². The molecule has 1 aliphatic heterocycles.